The van der Waals surface area contributed by atoms with Crippen molar-refractivity contribution < 1.29 is 9.59 Å². The van der Waals surface area contributed by atoms with Gasteiger partial charge in [-0.1, -0.05) is 34.6 Å². The summed E-state index contributed by atoms with van der Waals surface area (Å²) in [6.07, 6.45) is 2.94. The van der Waals surface area contributed by atoms with Gasteiger partial charge in [-0.15, -0.1) is 0 Å². The molecule has 144 valence electrons. The van der Waals surface area contributed by atoms with Crippen molar-refractivity contribution in [3.05, 3.63) is 76.6 Å². The average Bonchev–Trinajstić information content (AvgIpc) is 3.15. The molecule has 0 saturated heterocycles. The minimum atomic E-state index is -1.04. The highest BCUT2D eigenvalue weighted by Crippen LogP contribution is 2.22. The second-order valence-corrected chi connectivity index (χ2v) is 6.39. The van der Waals surface area contributed by atoms with Gasteiger partial charge in [0, 0.05) is 5.69 Å². The number of nitrogens with one attached hydrogen (secondary N) is 2. The summed E-state index contributed by atoms with van der Waals surface area (Å²) in [5.41, 5.74) is 2.06. The van der Waals surface area contributed by atoms with Gasteiger partial charge in [0.05, 0.1) is 17.3 Å². The molecule has 3 rings (SSSR count). The van der Waals surface area contributed by atoms with E-state index in [4.69, 9.17) is 17.5 Å². The molecule has 1 heterocycles. The maximum Gasteiger partial charge on any atom is 0.242 e. The molecule has 1 atom stereocenters. The number of rotatable bonds is 6. The Morgan fingerprint density at radius 2 is 2.03 bits per heavy atom. The first-order valence-corrected chi connectivity index (χ1v) is 9.02. The fourth-order valence-corrected chi connectivity index (χ4v) is 2.95. The van der Waals surface area contributed by atoms with Crippen molar-refractivity contribution in [3.8, 4) is 11.8 Å². The summed E-state index contributed by atoms with van der Waals surface area (Å²) in [5, 5.41) is 21.7. The number of carbonyl (C=O) groups is 2. The van der Waals surface area contributed by atoms with Crippen molar-refractivity contribution in [3.63, 3.8) is 0 Å². The molecule has 0 spiro atoms. The van der Waals surface area contributed by atoms with Crippen LogP contribution in [0.3, 0.4) is 0 Å². The minimum absolute atomic E-state index is 0.243. The fraction of sp³-hybridized carbons (Fsp3) is 0.100. The van der Waals surface area contributed by atoms with Crippen molar-refractivity contribution in [2.24, 2.45) is 0 Å². The quantitative estimate of drug-likeness (QED) is 0.370. The van der Waals surface area contributed by atoms with E-state index in [0.29, 0.717) is 22.5 Å². The largest absolute Gasteiger partial charge is 0.325 e. The lowest BCUT2D eigenvalue weighted by atomic mass is 9.92. The number of nitriles is 1. The number of anilines is 1. The van der Waals surface area contributed by atoms with E-state index >= 15 is 0 Å². The average molecular weight is 404 g/mol. The first-order chi connectivity index (χ1) is 14.0. The zero-order valence-corrected chi connectivity index (χ0v) is 16.2. The normalized spacial score (nSPS) is 11.7. The van der Waals surface area contributed by atoms with Gasteiger partial charge in [-0.05, 0) is 61.1 Å². The van der Waals surface area contributed by atoms with Crippen LogP contribution >= 0.6 is 12.2 Å². The number of benzene rings is 2. The molecule has 29 heavy (non-hydrogen) atoms. The third-order valence-electron chi connectivity index (χ3n) is 4.09. The van der Waals surface area contributed by atoms with Gasteiger partial charge in [0.25, 0.3) is 0 Å². The molecular weight excluding hydrogens is 388 g/mol. The topological polar surface area (TPSA) is 116 Å². The van der Waals surface area contributed by atoms with Gasteiger partial charge < -0.3 is 5.32 Å². The van der Waals surface area contributed by atoms with Crippen LogP contribution in [0.4, 0.5) is 5.69 Å². The van der Waals surface area contributed by atoms with E-state index in [1.54, 1.807) is 61.5 Å². The zero-order chi connectivity index (χ0) is 20.8. The van der Waals surface area contributed by atoms with Crippen molar-refractivity contribution in [1.29, 1.82) is 5.26 Å². The van der Waals surface area contributed by atoms with Crippen molar-refractivity contribution in [2.45, 2.75) is 12.8 Å². The third kappa shape index (κ3) is 4.51. The molecule has 9 heteroatoms. The molecule has 0 saturated carbocycles. The van der Waals surface area contributed by atoms with Crippen LogP contribution in [0.5, 0.6) is 0 Å². The Morgan fingerprint density at radius 3 is 2.66 bits per heavy atom. The second-order valence-electron chi connectivity index (χ2n) is 6.03. The molecule has 2 aromatic carbocycles. The molecule has 1 aromatic heterocycles. The highest BCUT2D eigenvalue weighted by molar-refractivity contribution is 7.71. The van der Waals surface area contributed by atoms with Gasteiger partial charge in [-0.2, -0.15) is 10.5 Å². The van der Waals surface area contributed by atoms with Crippen molar-refractivity contribution >= 4 is 29.6 Å². The number of hydrogen-bond acceptors (Lipinski definition) is 6. The number of ketones is 1. The van der Waals surface area contributed by atoms with E-state index in [2.05, 4.69) is 20.8 Å². The molecule has 3 aromatic rings. The van der Waals surface area contributed by atoms with Gasteiger partial charge in [-0.25, -0.2) is 4.68 Å². The number of tetrazole rings is 1. The van der Waals surface area contributed by atoms with Crippen LogP contribution in [0.15, 0.2) is 60.7 Å². The van der Waals surface area contributed by atoms with Crippen LogP contribution in [0.2, 0.25) is 0 Å². The predicted molar refractivity (Wildman–Crippen MR) is 109 cm³/mol. The van der Waals surface area contributed by atoms with Gasteiger partial charge in [0.15, 0.2) is 5.78 Å². The van der Waals surface area contributed by atoms with E-state index in [0.717, 1.165) is 0 Å². The van der Waals surface area contributed by atoms with Crippen LogP contribution in [-0.4, -0.2) is 31.9 Å². The van der Waals surface area contributed by atoms with Crippen LogP contribution in [-0.2, 0) is 9.59 Å². The third-order valence-corrected chi connectivity index (χ3v) is 4.36. The molecule has 2 N–H and O–H groups in total. The number of nitrogens with zero attached hydrogens (tertiary/aromatic N) is 4. The lowest BCUT2D eigenvalue weighted by Crippen LogP contribution is -2.27. The fourth-order valence-electron chi connectivity index (χ4n) is 2.76. The zero-order valence-electron chi connectivity index (χ0n) is 15.4. The van der Waals surface area contributed by atoms with E-state index < -0.39 is 11.8 Å². The smallest absolute Gasteiger partial charge is 0.242 e. The highest BCUT2D eigenvalue weighted by atomic mass is 32.1. The summed E-state index contributed by atoms with van der Waals surface area (Å²) in [5.74, 6) is -1.88. The first-order valence-electron chi connectivity index (χ1n) is 8.61. The van der Waals surface area contributed by atoms with Crippen LogP contribution < -0.4 is 5.32 Å². The Kier molecular flexibility index (Phi) is 6.06. The second kappa shape index (κ2) is 8.86. The molecular formula is C20H16N6O2S. The number of aromatic amines is 1. The summed E-state index contributed by atoms with van der Waals surface area (Å²) < 4.78 is 1.72. The maximum absolute atomic E-state index is 13.0. The Morgan fingerprint density at radius 1 is 1.28 bits per heavy atom. The summed E-state index contributed by atoms with van der Waals surface area (Å²) in [6, 6.07) is 15.3. The monoisotopic (exact) mass is 404 g/mol. The van der Waals surface area contributed by atoms with Crippen LogP contribution in [0.1, 0.15) is 24.0 Å². The predicted octanol–water partition coefficient (Wildman–Crippen LogP) is 3.06. The van der Waals surface area contributed by atoms with Crippen molar-refractivity contribution in [2.75, 3.05) is 5.32 Å². The molecule has 0 aliphatic heterocycles. The Bertz CT molecular complexity index is 1170. The van der Waals surface area contributed by atoms with E-state index in [9.17, 15) is 9.59 Å². The number of hydrogen-bond donors (Lipinski definition) is 2. The summed E-state index contributed by atoms with van der Waals surface area (Å²) >= 11 is 5.08. The molecule has 1 amide bonds. The highest BCUT2D eigenvalue weighted by Gasteiger charge is 2.27. The van der Waals surface area contributed by atoms with Gasteiger partial charge in [0.2, 0.25) is 10.7 Å². The number of allylic oxidation sites excluding steroid dienone is 2. The Hall–Kier alpha value is -3.90. The molecule has 8 nitrogen and oxygen atoms in total. The number of H-pyrrole nitrogens is 1. The molecule has 0 aliphatic rings. The summed E-state index contributed by atoms with van der Waals surface area (Å²) in [7, 11) is 0. The molecule has 0 fully saturated rings. The van der Waals surface area contributed by atoms with Gasteiger partial charge in [0.1, 0.15) is 5.92 Å². The molecule has 1 unspecified atom stereocenters. The van der Waals surface area contributed by atoms with E-state index in [1.165, 1.54) is 10.8 Å². The van der Waals surface area contributed by atoms with Crippen LogP contribution in [0.25, 0.3) is 5.69 Å². The lowest BCUT2D eigenvalue weighted by Gasteiger charge is -2.15. The van der Waals surface area contributed by atoms with Gasteiger partial charge in [-0.3, -0.25) is 9.59 Å². The SMILES string of the molecule is CC=CC(=O)C(C(=O)Nc1cccc(-n2[nH]nnc2=S)c1)c1ccc(C#N)cc1. The molecule has 0 aliphatic carbocycles. The van der Waals surface area contributed by atoms with E-state index in [1.807, 2.05) is 6.07 Å². The standard InChI is InChI=1S/C20H16N6O2S/c1-2-4-17(27)18(14-9-7-13(12-21)8-10-14)19(28)22-15-5-3-6-16(11-15)26-20(29)23-24-25-26/h2-11,18H,1H3,(H,22,28)(H,23,25,29). The Balaban J connectivity index is 1.90. The lowest BCUT2D eigenvalue weighted by molar-refractivity contribution is -0.125. The first kappa shape index (κ1) is 19.9. The van der Waals surface area contributed by atoms with E-state index in [-0.39, 0.29) is 10.6 Å². The van der Waals surface area contributed by atoms with Crippen molar-refractivity contribution in [1.82, 2.24) is 20.2 Å². The van der Waals surface area contributed by atoms with Gasteiger partial charge >= 0.3 is 0 Å². The minimum Gasteiger partial charge on any atom is -0.325 e. The number of aromatic nitrogens is 4. The number of carbonyl (C=O) groups excluding carboxylic acids is 2. The Labute approximate surface area is 171 Å². The summed E-state index contributed by atoms with van der Waals surface area (Å²) in [4.78, 5) is 25.5. The maximum atomic E-state index is 13.0. The van der Waals surface area contributed by atoms with Crippen LogP contribution in [0, 0.1) is 16.1 Å². The number of amides is 1. The summed E-state index contributed by atoms with van der Waals surface area (Å²) in [6.45, 7) is 1.71. The molecule has 0 bridgehead atoms. The molecule has 0 radical (unpaired) electrons.